The summed E-state index contributed by atoms with van der Waals surface area (Å²) in [5, 5.41) is 14.4. The largest absolute Gasteiger partial charge is 0.524 e. The molecule has 0 rings (SSSR count). The maximum Gasteiger partial charge on any atom is 0.524 e. The van der Waals surface area contributed by atoms with Crippen LogP contribution in [0.2, 0.25) is 0 Å². The lowest BCUT2D eigenvalue weighted by molar-refractivity contribution is -0.302. The highest BCUT2D eigenvalue weighted by Gasteiger charge is 2.34. The van der Waals surface area contributed by atoms with Crippen LogP contribution in [0.5, 0.6) is 0 Å². The van der Waals surface area contributed by atoms with Crippen molar-refractivity contribution in [1.29, 1.82) is 0 Å². The molecule has 0 aliphatic heterocycles. The Bertz CT molecular complexity index is 216. The van der Waals surface area contributed by atoms with E-state index in [-0.39, 0.29) is 0 Å². The van der Waals surface area contributed by atoms with Crippen LogP contribution in [-0.2, 0) is 10.0 Å². The number of sulfonamides is 1. The number of carbonyl (C=O) groups is 1. The van der Waals surface area contributed by atoms with Crippen LogP contribution in [0.25, 0.3) is 0 Å². The smallest absolute Gasteiger partial charge is 0.465 e. The SMILES string of the molecule is O=C(O)S(=O)(=O)[N+](=O)[O-]. The van der Waals surface area contributed by atoms with Gasteiger partial charge in [0, 0.05) is 0 Å². The second kappa shape index (κ2) is 1.97. The molecule has 0 bridgehead atoms. The third-order valence-corrected chi connectivity index (χ3v) is 1.25. The lowest BCUT2D eigenvalue weighted by Crippen LogP contribution is -2.20. The topological polar surface area (TPSA) is 115 Å². The molecule has 8 heteroatoms. The molecule has 0 aliphatic carbocycles. The van der Waals surface area contributed by atoms with Crippen LogP contribution < -0.4 is 0 Å². The average Bonchev–Trinajstić information content (AvgIpc) is 1.65. The third kappa shape index (κ3) is 1.35. The predicted octanol–water partition coefficient (Wildman–Crippen LogP) is -0.729. The van der Waals surface area contributed by atoms with Crippen molar-refractivity contribution in [2.24, 2.45) is 0 Å². The molecule has 7 nitrogen and oxygen atoms in total. The van der Waals surface area contributed by atoms with E-state index < -0.39 is 19.7 Å². The van der Waals surface area contributed by atoms with E-state index in [4.69, 9.17) is 5.11 Å². The summed E-state index contributed by atoms with van der Waals surface area (Å²) in [6.45, 7) is 0. The molecule has 9 heavy (non-hydrogen) atoms. The van der Waals surface area contributed by atoms with Crippen molar-refractivity contribution in [2.75, 3.05) is 0 Å². The highest BCUT2D eigenvalue weighted by Crippen LogP contribution is 1.89. The third-order valence-electron chi connectivity index (χ3n) is 0.417. The van der Waals surface area contributed by atoms with Gasteiger partial charge in [-0.1, -0.05) is 0 Å². The van der Waals surface area contributed by atoms with Gasteiger partial charge in [0.05, 0.1) is 0 Å². The van der Waals surface area contributed by atoms with Crippen LogP contribution >= 0.6 is 0 Å². The molecule has 0 fully saturated rings. The molecule has 0 aromatic rings. The zero-order chi connectivity index (χ0) is 7.65. The molecule has 0 unspecified atom stereocenters. The summed E-state index contributed by atoms with van der Waals surface area (Å²) < 4.78 is 17.6. The predicted molar refractivity (Wildman–Crippen MR) is 23.9 cm³/mol. The molecular weight excluding hydrogens is 154 g/mol. The van der Waals surface area contributed by atoms with Gasteiger partial charge in [-0.15, -0.1) is 8.42 Å². The van der Waals surface area contributed by atoms with Crippen molar-refractivity contribution < 1.29 is 22.6 Å². The number of hydrogen-bond donors (Lipinski definition) is 1. The first-order valence-electron chi connectivity index (χ1n) is 1.51. The number of carboxylic acid groups (broad SMARTS) is 1. The van der Waals surface area contributed by atoms with Gasteiger partial charge in [0.25, 0.3) is 0 Å². The van der Waals surface area contributed by atoms with E-state index in [2.05, 4.69) is 0 Å². The molecule has 0 radical (unpaired) electrons. The minimum Gasteiger partial charge on any atom is -0.465 e. The van der Waals surface area contributed by atoms with Gasteiger partial charge in [-0.25, -0.2) is 14.9 Å². The molecule has 0 amide bonds. The van der Waals surface area contributed by atoms with Gasteiger partial charge in [0.1, 0.15) is 0 Å². The van der Waals surface area contributed by atoms with Gasteiger partial charge in [-0.2, -0.15) is 0 Å². The molecular formula is CHNO6S. The van der Waals surface area contributed by atoms with Gasteiger partial charge in [0.2, 0.25) is 0 Å². The zero-order valence-electron chi connectivity index (χ0n) is 3.84. The molecule has 0 aliphatic rings. The summed E-state index contributed by atoms with van der Waals surface area (Å²) in [5.41, 5.74) is 0. The van der Waals surface area contributed by atoms with Crippen molar-refractivity contribution in [2.45, 2.75) is 0 Å². The van der Waals surface area contributed by atoms with Gasteiger partial charge < -0.3 is 5.11 Å². The fourth-order valence-electron chi connectivity index (χ4n) is 0.0638. The van der Waals surface area contributed by atoms with Crippen molar-refractivity contribution in [3.63, 3.8) is 0 Å². The Morgan fingerprint density at radius 2 is 1.89 bits per heavy atom. The number of hydrogen-bond acceptors (Lipinski definition) is 5. The summed E-state index contributed by atoms with van der Waals surface area (Å²) in [7, 11) is -5.18. The van der Waals surface area contributed by atoms with Crippen molar-refractivity contribution in [3.8, 4) is 0 Å². The molecule has 52 valence electrons. The van der Waals surface area contributed by atoms with Crippen LogP contribution in [0.3, 0.4) is 0 Å². The quantitative estimate of drug-likeness (QED) is 0.394. The highest BCUT2D eigenvalue weighted by atomic mass is 32.2. The minimum atomic E-state index is -5.18. The average molecular weight is 155 g/mol. The Morgan fingerprint density at radius 1 is 1.56 bits per heavy atom. The number of nitrogens with zero attached hydrogens (tertiary/aromatic N) is 1. The lowest BCUT2D eigenvalue weighted by Gasteiger charge is -1.82. The van der Waals surface area contributed by atoms with Gasteiger partial charge in [0.15, 0.2) is 4.33 Å². The Hall–Kier alpha value is -1.18. The fourth-order valence-corrected chi connectivity index (χ4v) is 0.191. The molecule has 1 N–H and O–H groups in total. The van der Waals surface area contributed by atoms with Gasteiger partial charge >= 0.3 is 15.3 Å². The maximum absolute atomic E-state index is 9.73. The maximum atomic E-state index is 9.73. The van der Waals surface area contributed by atoms with E-state index in [0.717, 1.165) is 0 Å². The monoisotopic (exact) mass is 155 g/mol. The second-order valence-electron chi connectivity index (χ2n) is 0.965. The molecule has 0 aromatic heterocycles. The van der Waals surface area contributed by atoms with Crippen LogP contribution in [0.1, 0.15) is 0 Å². The Kier molecular flexibility index (Phi) is 1.71. The Labute approximate surface area is 49.1 Å². The van der Waals surface area contributed by atoms with Gasteiger partial charge in [-0.3, -0.25) is 0 Å². The summed E-state index contributed by atoms with van der Waals surface area (Å²) in [5.74, 6) is 0. The van der Waals surface area contributed by atoms with E-state index in [9.17, 15) is 23.3 Å². The first kappa shape index (κ1) is 7.82. The first-order valence-corrected chi connectivity index (χ1v) is 2.95. The van der Waals surface area contributed by atoms with Crippen LogP contribution in [-0.4, -0.2) is 23.2 Å². The van der Waals surface area contributed by atoms with Crippen molar-refractivity contribution >= 4 is 15.3 Å². The number of nitro groups is 1. The van der Waals surface area contributed by atoms with Crippen molar-refractivity contribution in [3.05, 3.63) is 10.1 Å². The standard InChI is InChI=1S/CHNO6S/c3-1(4)9(7,8)2(5)6/h(H,3,4). The van der Waals surface area contributed by atoms with Crippen LogP contribution in [0.4, 0.5) is 4.79 Å². The number of rotatable bonds is 1. The molecule has 0 saturated carbocycles. The molecule has 0 saturated heterocycles. The Balaban J connectivity index is 4.87. The summed E-state index contributed by atoms with van der Waals surface area (Å²) >= 11 is 0. The van der Waals surface area contributed by atoms with Gasteiger partial charge in [-0.05, 0) is 0 Å². The fraction of sp³-hybridized carbons (Fsp3) is 0. The molecule has 0 spiro atoms. The summed E-state index contributed by atoms with van der Waals surface area (Å²) in [4.78, 5) is 18.7. The Morgan fingerprint density at radius 3 is 1.89 bits per heavy atom. The molecule has 0 aromatic carbocycles. The van der Waals surface area contributed by atoms with E-state index in [1.807, 2.05) is 0 Å². The minimum absolute atomic E-state index is 1.87. The van der Waals surface area contributed by atoms with E-state index in [0.29, 0.717) is 0 Å². The summed E-state index contributed by atoms with van der Waals surface area (Å²) in [6, 6.07) is 0. The molecule has 0 heterocycles. The first-order chi connectivity index (χ1) is 3.89. The van der Waals surface area contributed by atoms with Crippen LogP contribution in [0, 0.1) is 10.1 Å². The van der Waals surface area contributed by atoms with E-state index >= 15 is 0 Å². The lowest BCUT2D eigenvalue weighted by atomic mass is 11.6. The normalized spacial score (nSPS) is 10.7. The van der Waals surface area contributed by atoms with Crippen molar-refractivity contribution in [1.82, 2.24) is 0 Å². The van der Waals surface area contributed by atoms with E-state index in [1.165, 1.54) is 0 Å². The highest BCUT2D eigenvalue weighted by molar-refractivity contribution is 8.00. The van der Waals surface area contributed by atoms with Crippen LogP contribution in [0.15, 0.2) is 0 Å². The van der Waals surface area contributed by atoms with E-state index in [1.54, 1.807) is 0 Å². The molecule has 0 atom stereocenters. The summed E-state index contributed by atoms with van der Waals surface area (Å²) in [6.07, 6.45) is 0. The second-order valence-corrected chi connectivity index (χ2v) is 2.56. The zero-order valence-corrected chi connectivity index (χ0v) is 4.66.